The van der Waals surface area contributed by atoms with Crippen LogP contribution < -0.4 is 5.73 Å². The third-order valence-corrected chi connectivity index (χ3v) is 3.24. The summed E-state index contributed by atoms with van der Waals surface area (Å²) in [5, 5.41) is 0. The van der Waals surface area contributed by atoms with E-state index in [9.17, 15) is 4.79 Å². The number of halogens is 1. The van der Waals surface area contributed by atoms with E-state index in [0.29, 0.717) is 19.1 Å². The average Bonchev–Trinajstić information content (AvgIpc) is 2.34. The molecular weight excluding hydrogens is 264 g/mol. The zero-order valence-corrected chi connectivity index (χ0v) is 13.8. The first-order valence-corrected chi connectivity index (χ1v) is 7.02. The number of hydrogen-bond acceptors (Lipinski definition) is 3. The van der Waals surface area contributed by atoms with E-state index < -0.39 is 0 Å². The normalized spacial score (nSPS) is 13.8. The van der Waals surface area contributed by atoms with Crippen molar-refractivity contribution in [2.75, 3.05) is 20.2 Å². The Kier molecular flexibility index (Phi) is 12.7. The first-order chi connectivity index (χ1) is 8.40. The fourth-order valence-electron chi connectivity index (χ4n) is 1.57. The predicted molar refractivity (Wildman–Crippen MR) is 82.6 cm³/mol. The number of nitrogens with two attached hydrogens (primary N) is 1. The van der Waals surface area contributed by atoms with E-state index in [0.717, 1.165) is 19.3 Å². The molecule has 0 aromatic carbocycles. The summed E-state index contributed by atoms with van der Waals surface area (Å²) in [6, 6.07) is 0.150. The van der Waals surface area contributed by atoms with Gasteiger partial charge in [-0.3, -0.25) is 4.79 Å². The summed E-state index contributed by atoms with van der Waals surface area (Å²) in [6.45, 7) is 9.47. The Bertz CT molecular complexity index is 237. The van der Waals surface area contributed by atoms with Gasteiger partial charge in [0.25, 0.3) is 5.91 Å². The molecule has 0 heterocycles. The van der Waals surface area contributed by atoms with Crippen molar-refractivity contribution in [3.8, 4) is 0 Å². The molecule has 0 radical (unpaired) electrons. The maximum atomic E-state index is 12.0. The first kappa shape index (κ1) is 21.0. The summed E-state index contributed by atoms with van der Waals surface area (Å²) in [6.07, 6.45) is 2.57. The number of unbranched alkanes of at least 4 members (excludes halogenated alkanes) is 1. The van der Waals surface area contributed by atoms with E-state index in [4.69, 9.17) is 10.5 Å². The summed E-state index contributed by atoms with van der Waals surface area (Å²) in [5.74, 6) is 0.494. The highest BCUT2D eigenvalue weighted by Crippen LogP contribution is 2.05. The van der Waals surface area contributed by atoms with Crippen LogP contribution in [0, 0.1) is 5.92 Å². The predicted octanol–water partition coefficient (Wildman–Crippen LogP) is 2.45. The molecule has 116 valence electrons. The van der Waals surface area contributed by atoms with Gasteiger partial charge in [0.2, 0.25) is 0 Å². The van der Waals surface area contributed by atoms with Gasteiger partial charge in [0, 0.05) is 26.2 Å². The Morgan fingerprint density at radius 1 is 1.32 bits per heavy atom. The number of hydrogen-bond donors (Lipinski definition) is 1. The standard InChI is InChI=1S/C14H30N2O2.ClH/c1-6-7-10-18-12(4)14(17)16(5)9-8-13(15)11(2)3;/h11-13H,6-10,15H2,1-5H3;1H. The molecule has 0 aliphatic rings. The third kappa shape index (κ3) is 9.25. The van der Waals surface area contributed by atoms with Crippen LogP contribution in [0.1, 0.15) is 47.0 Å². The second-order valence-corrected chi connectivity index (χ2v) is 5.32. The number of ether oxygens (including phenoxy) is 1. The molecule has 0 aromatic heterocycles. The zero-order chi connectivity index (χ0) is 14.1. The van der Waals surface area contributed by atoms with Gasteiger partial charge in [-0.15, -0.1) is 12.4 Å². The van der Waals surface area contributed by atoms with Gasteiger partial charge in [0.05, 0.1) is 0 Å². The Labute approximate surface area is 124 Å². The van der Waals surface area contributed by atoms with Gasteiger partial charge in [0.1, 0.15) is 6.10 Å². The van der Waals surface area contributed by atoms with Crippen LogP contribution in [0.2, 0.25) is 0 Å². The summed E-state index contributed by atoms with van der Waals surface area (Å²) in [4.78, 5) is 13.7. The van der Waals surface area contributed by atoms with Gasteiger partial charge in [-0.2, -0.15) is 0 Å². The quantitative estimate of drug-likeness (QED) is 0.665. The monoisotopic (exact) mass is 294 g/mol. The zero-order valence-electron chi connectivity index (χ0n) is 13.0. The van der Waals surface area contributed by atoms with E-state index >= 15 is 0 Å². The molecule has 2 atom stereocenters. The van der Waals surface area contributed by atoms with Crippen molar-refractivity contribution in [3.63, 3.8) is 0 Å². The van der Waals surface area contributed by atoms with Crippen LogP contribution in [0.5, 0.6) is 0 Å². The average molecular weight is 295 g/mol. The van der Waals surface area contributed by atoms with Crippen molar-refractivity contribution in [1.82, 2.24) is 4.90 Å². The fraction of sp³-hybridized carbons (Fsp3) is 0.929. The SMILES string of the molecule is CCCCOC(C)C(=O)N(C)CCC(N)C(C)C.Cl. The molecule has 2 unspecified atom stereocenters. The van der Waals surface area contributed by atoms with Crippen molar-refractivity contribution in [1.29, 1.82) is 0 Å². The van der Waals surface area contributed by atoms with E-state index in [-0.39, 0.29) is 30.5 Å². The summed E-state index contributed by atoms with van der Waals surface area (Å²) in [7, 11) is 1.81. The van der Waals surface area contributed by atoms with Crippen LogP contribution in [0.3, 0.4) is 0 Å². The molecule has 0 rings (SSSR count). The van der Waals surface area contributed by atoms with Gasteiger partial charge >= 0.3 is 0 Å². The van der Waals surface area contributed by atoms with Crippen LogP contribution in [0.4, 0.5) is 0 Å². The summed E-state index contributed by atoms with van der Waals surface area (Å²) >= 11 is 0. The van der Waals surface area contributed by atoms with Crippen molar-refractivity contribution >= 4 is 18.3 Å². The lowest BCUT2D eigenvalue weighted by molar-refractivity contribution is -0.141. The minimum Gasteiger partial charge on any atom is -0.369 e. The number of carbonyl (C=O) groups is 1. The van der Waals surface area contributed by atoms with Crippen LogP contribution in [-0.4, -0.2) is 43.2 Å². The maximum absolute atomic E-state index is 12.0. The molecule has 0 aliphatic heterocycles. The molecule has 0 aromatic rings. The number of carbonyl (C=O) groups excluding carboxylic acids is 1. The number of nitrogens with zero attached hydrogens (tertiary/aromatic N) is 1. The topological polar surface area (TPSA) is 55.6 Å². The van der Waals surface area contributed by atoms with Crippen molar-refractivity contribution in [3.05, 3.63) is 0 Å². The van der Waals surface area contributed by atoms with Gasteiger partial charge in [-0.05, 0) is 25.7 Å². The van der Waals surface area contributed by atoms with Crippen LogP contribution in [0.25, 0.3) is 0 Å². The lowest BCUT2D eigenvalue weighted by Gasteiger charge is -2.24. The smallest absolute Gasteiger partial charge is 0.251 e. The van der Waals surface area contributed by atoms with Gasteiger partial charge in [-0.25, -0.2) is 0 Å². The lowest BCUT2D eigenvalue weighted by Crippen LogP contribution is -2.39. The molecule has 0 spiro atoms. The van der Waals surface area contributed by atoms with Gasteiger partial charge in [-0.1, -0.05) is 27.2 Å². The largest absolute Gasteiger partial charge is 0.369 e. The molecule has 5 heteroatoms. The lowest BCUT2D eigenvalue weighted by atomic mass is 10.0. The molecule has 4 nitrogen and oxygen atoms in total. The number of rotatable bonds is 9. The summed E-state index contributed by atoms with van der Waals surface area (Å²) < 4.78 is 5.50. The minimum absolute atomic E-state index is 0. The minimum atomic E-state index is -0.350. The Morgan fingerprint density at radius 3 is 2.37 bits per heavy atom. The Morgan fingerprint density at radius 2 is 1.89 bits per heavy atom. The first-order valence-electron chi connectivity index (χ1n) is 7.02. The highest BCUT2D eigenvalue weighted by Gasteiger charge is 2.18. The van der Waals surface area contributed by atoms with Gasteiger partial charge in [0.15, 0.2) is 0 Å². The fourth-order valence-corrected chi connectivity index (χ4v) is 1.57. The van der Waals surface area contributed by atoms with Gasteiger partial charge < -0.3 is 15.4 Å². The molecule has 2 N–H and O–H groups in total. The molecule has 0 saturated heterocycles. The Balaban J connectivity index is 0. The molecule has 0 aliphatic carbocycles. The third-order valence-electron chi connectivity index (χ3n) is 3.24. The highest BCUT2D eigenvalue weighted by molar-refractivity contribution is 5.85. The van der Waals surface area contributed by atoms with Crippen molar-refractivity contribution in [2.24, 2.45) is 11.7 Å². The molecular formula is C14H31ClN2O2. The number of amides is 1. The van der Waals surface area contributed by atoms with E-state index in [1.165, 1.54) is 0 Å². The van der Waals surface area contributed by atoms with Crippen molar-refractivity contribution < 1.29 is 9.53 Å². The number of likely N-dealkylation sites (N-methyl/N-ethyl adjacent to an activating group) is 1. The maximum Gasteiger partial charge on any atom is 0.251 e. The molecule has 19 heavy (non-hydrogen) atoms. The molecule has 0 fully saturated rings. The second kappa shape index (κ2) is 11.5. The van der Waals surface area contributed by atoms with Crippen LogP contribution in [-0.2, 0) is 9.53 Å². The van der Waals surface area contributed by atoms with Crippen LogP contribution in [0.15, 0.2) is 0 Å². The van der Waals surface area contributed by atoms with E-state index in [2.05, 4.69) is 20.8 Å². The van der Waals surface area contributed by atoms with Crippen molar-refractivity contribution in [2.45, 2.75) is 59.1 Å². The van der Waals surface area contributed by atoms with E-state index in [1.54, 1.807) is 4.90 Å². The molecule has 0 bridgehead atoms. The van der Waals surface area contributed by atoms with Crippen LogP contribution >= 0.6 is 12.4 Å². The molecule has 1 amide bonds. The Hall–Kier alpha value is -0.320. The summed E-state index contributed by atoms with van der Waals surface area (Å²) in [5.41, 5.74) is 5.97. The molecule has 0 saturated carbocycles. The highest BCUT2D eigenvalue weighted by atomic mass is 35.5. The van der Waals surface area contributed by atoms with E-state index in [1.807, 2.05) is 14.0 Å². The second-order valence-electron chi connectivity index (χ2n) is 5.32.